The van der Waals surface area contributed by atoms with Crippen LogP contribution in [0, 0.1) is 0 Å². The third-order valence-electron chi connectivity index (χ3n) is 4.84. The summed E-state index contributed by atoms with van der Waals surface area (Å²) in [6.45, 7) is 0.374. The van der Waals surface area contributed by atoms with Gasteiger partial charge in [-0.3, -0.25) is 4.79 Å². The van der Waals surface area contributed by atoms with Gasteiger partial charge in [0.25, 0.3) is 5.91 Å². The molecule has 0 saturated carbocycles. The number of nitrogens with one attached hydrogen (secondary N) is 3. The monoisotopic (exact) mass is 423 g/mol. The Bertz CT molecular complexity index is 1180. The number of rotatable bonds is 5. The molecule has 3 aromatic rings. The zero-order valence-electron chi connectivity index (χ0n) is 16.3. The molecule has 0 aliphatic carbocycles. The first kappa shape index (κ1) is 19.9. The lowest BCUT2D eigenvalue weighted by Gasteiger charge is -2.28. The van der Waals surface area contributed by atoms with Crippen molar-refractivity contribution in [2.45, 2.75) is 17.6 Å². The number of carbonyl (C=O) groups excluding carboxylic acids is 1. The van der Waals surface area contributed by atoms with Gasteiger partial charge in [-0.2, -0.15) is 4.72 Å². The molecule has 4 rings (SSSR count). The maximum atomic E-state index is 12.5. The predicted molar refractivity (Wildman–Crippen MR) is 114 cm³/mol. The highest BCUT2D eigenvalue weighted by molar-refractivity contribution is 7.89. The van der Waals surface area contributed by atoms with Gasteiger partial charge in [0.1, 0.15) is 16.8 Å². The quantitative estimate of drug-likeness (QED) is 0.586. The van der Waals surface area contributed by atoms with Gasteiger partial charge in [-0.15, -0.1) is 0 Å². The molecule has 0 bridgehead atoms. The summed E-state index contributed by atoms with van der Waals surface area (Å²) in [6.07, 6.45) is -0.612. The normalized spacial score (nSPS) is 16.8. The van der Waals surface area contributed by atoms with Crippen LogP contribution in [0.3, 0.4) is 0 Å². The maximum Gasteiger partial charge on any atom is 0.251 e. The number of hydrogen-bond acceptors (Lipinski definition) is 5. The fraction of sp³-hybridized carbons (Fsp3) is 0.136. The molecule has 1 aliphatic heterocycles. The van der Waals surface area contributed by atoms with Gasteiger partial charge in [-0.25, -0.2) is 8.42 Å². The van der Waals surface area contributed by atoms with Crippen molar-refractivity contribution in [2.24, 2.45) is 0 Å². The molecule has 154 valence electrons. The SMILES string of the molecule is COc1cccc(CNC(=O)c2ccc([C@H]3Nc4ccccc4S(=O)(=O)N3)cc2)c1. The fourth-order valence-electron chi connectivity index (χ4n) is 3.27. The predicted octanol–water partition coefficient (Wildman–Crippen LogP) is 3.03. The van der Waals surface area contributed by atoms with Gasteiger partial charge in [-0.1, -0.05) is 36.4 Å². The molecular weight excluding hydrogens is 402 g/mol. The molecule has 3 N–H and O–H groups in total. The molecule has 0 saturated heterocycles. The van der Waals surface area contributed by atoms with Gasteiger partial charge in [0.2, 0.25) is 10.0 Å². The van der Waals surface area contributed by atoms with Crippen molar-refractivity contribution in [3.8, 4) is 5.75 Å². The van der Waals surface area contributed by atoms with E-state index >= 15 is 0 Å². The summed E-state index contributed by atoms with van der Waals surface area (Å²) in [7, 11) is -2.02. The first-order valence-electron chi connectivity index (χ1n) is 9.35. The Morgan fingerprint density at radius 3 is 2.57 bits per heavy atom. The highest BCUT2D eigenvalue weighted by Crippen LogP contribution is 2.30. The van der Waals surface area contributed by atoms with Crippen LogP contribution >= 0.6 is 0 Å². The van der Waals surface area contributed by atoms with E-state index in [4.69, 9.17) is 4.74 Å². The number of para-hydroxylation sites is 1. The molecule has 0 aromatic heterocycles. The fourth-order valence-corrected chi connectivity index (χ4v) is 4.58. The highest BCUT2D eigenvalue weighted by Gasteiger charge is 2.29. The summed E-state index contributed by atoms with van der Waals surface area (Å²) >= 11 is 0. The van der Waals surface area contributed by atoms with Crippen molar-refractivity contribution in [1.82, 2.24) is 10.0 Å². The van der Waals surface area contributed by atoms with Crippen LogP contribution in [0.1, 0.15) is 27.7 Å². The van der Waals surface area contributed by atoms with Crippen LogP contribution in [-0.4, -0.2) is 21.4 Å². The van der Waals surface area contributed by atoms with Crippen LogP contribution in [0.4, 0.5) is 5.69 Å². The summed E-state index contributed by atoms with van der Waals surface area (Å²) < 4.78 is 32.8. The lowest BCUT2D eigenvalue weighted by atomic mass is 10.1. The van der Waals surface area contributed by atoms with E-state index in [9.17, 15) is 13.2 Å². The van der Waals surface area contributed by atoms with Crippen LogP contribution < -0.4 is 20.1 Å². The minimum atomic E-state index is -3.61. The summed E-state index contributed by atoms with van der Waals surface area (Å²) in [6, 6.07) is 21.0. The summed E-state index contributed by atoms with van der Waals surface area (Å²) in [5, 5.41) is 6.04. The van der Waals surface area contributed by atoms with Crippen molar-refractivity contribution >= 4 is 21.6 Å². The molecule has 1 amide bonds. The number of ether oxygens (including phenoxy) is 1. The van der Waals surface area contributed by atoms with Gasteiger partial charge in [0, 0.05) is 12.1 Å². The highest BCUT2D eigenvalue weighted by atomic mass is 32.2. The lowest BCUT2D eigenvalue weighted by molar-refractivity contribution is 0.0951. The Morgan fingerprint density at radius 1 is 1.03 bits per heavy atom. The van der Waals surface area contributed by atoms with Crippen LogP contribution in [0.25, 0.3) is 0 Å². The third-order valence-corrected chi connectivity index (χ3v) is 6.32. The van der Waals surface area contributed by atoms with Crippen LogP contribution in [-0.2, 0) is 16.6 Å². The zero-order valence-corrected chi connectivity index (χ0v) is 17.1. The first-order chi connectivity index (χ1) is 14.5. The average Bonchev–Trinajstić information content (AvgIpc) is 2.77. The lowest BCUT2D eigenvalue weighted by Crippen LogP contribution is -2.38. The summed E-state index contributed by atoms with van der Waals surface area (Å²) in [5.74, 6) is 0.516. The number of methoxy groups -OCH3 is 1. The molecule has 0 unspecified atom stereocenters. The first-order valence-corrected chi connectivity index (χ1v) is 10.8. The minimum Gasteiger partial charge on any atom is -0.497 e. The Morgan fingerprint density at radius 2 is 1.80 bits per heavy atom. The molecule has 8 heteroatoms. The molecular formula is C22H21N3O4S. The summed E-state index contributed by atoms with van der Waals surface area (Å²) in [5.41, 5.74) is 2.67. The standard InChI is InChI=1S/C22H21N3O4S/c1-29-18-6-4-5-15(13-18)14-23-22(26)17-11-9-16(10-12-17)21-24-19-7-2-3-8-20(19)30(27,28)25-21/h2-13,21,24-25H,14H2,1H3,(H,23,26)/t21-/m0/s1. The Labute approximate surface area is 175 Å². The zero-order chi connectivity index (χ0) is 21.1. The van der Waals surface area contributed by atoms with Crippen molar-refractivity contribution in [2.75, 3.05) is 12.4 Å². The van der Waals surface area contributed by atoms with E-state index in [0.717, 1.165) is 11.3 Å². The van der Waals surface area contributed by atoms with Gasteiger partial charge >= 0.3 is 0 Å². The van der Waals surface area contributed by atoms with Crippen molar-refractivity contribution < 1.29 is 17.9 Å². The average molecular weight is 423 g/mol. The van der Waals surface area contributed by atoms with E-state index in [2.05, 4.69) is 15.4 Å². The van der Waals surface area contributed by atoms with Crippen molar-refractivity contribution in [3.63, 3.8) is 0 Å². The molecule has 7 nitrogen and oxygen atoms in total. The van der Waals surface area contributed by atoms with Crippen LogP contribution in [0.2, 0.25) is 0 Å². The number of anilines is 1. The molecule has 0 radical (unpaired) electrons. The molecule has 0 fully saturated rings. The number of sulfonamides is 1. The van der Waals surface area contributed by atoms with E-state index in [-0.39, 0.29) is 10.8 Å². The third kappa shape index (κ3) is 4.14. The number of amides is 1. The van der Waals surface area contributed by atoms with Gasteiger partial charge in [-0.05, 0) is 47.5 Å². The van der Waals surface area contributed by atoms with E-state index in [1.54, 1.807) is 55.6 Å². The maximum absolute atomic E-state index is 12.5. The molecule has 1 aliphatic rings. The molecule has 0 spiro atoms. The van der Waals surface area contributed by atoms with E-state index in [0.29, 0.717) is 23.4 Å². The van der Waals surface area contributed by atoms with E-state index in [1.807, 2.05) is 24.3 Å². The van der Waals surface area contributed by atoms with Crippen LogP contribution in [0.5, 0.6) is 5.75 Å². The van der Waals surface area contributed by atoms with Gasteiger partial charge < -0.3 is 15.4 Å². The summed E-state index contributed by atoms with van der Waals surface area (Å²) in [4.78, 5) is 12.7. The number of fused-ring (bicyclic) bond motifs is 1. The molecule has 1 heterocycles. The van der Waals surface area contributed by atoms with Crippen LogP contribution in [0.15, 0.2) is 77.7 Å². The van der Waals surface area contributed by atoms with Crippen molar-refractivity contribution in [1.29, 1.82) is 0 Å². The van der Waals surface area contributed by atoms with E-state index in [1.165, 1.54) is 0 Å². The second-order valence-electron chi connectivity index (χ2n) is 6.85. The number of carbonyl (C=O) groups is 1. The largest absolute Gasteiger partial charge is 0.497 e. The van der Waals surface area contributed by atoms with Gasteiger partial charge in [0.15, 0.2) is 0 Å². The number of hydrogen-bond donors (Lipinski definition) is 3. The second-order valence-corrected chi connectivity index (χ2v) is 8.53. The topological polar surface area (TPSA) is 96.5 Å². The molecule has 30 heavy (non-hydrogen) atoms. The Balaban J connectivity index is 1.45. The second kappa shape index (κ2) is 8.17. The number of benzene rings is 3. The Hall–Kier alpha value is -3.36. The van der Waals surface area contributed by atoms with Gasteiger partial charge in [0.05, 0.1) is 12.8 Å². The molecule has 1 atom stereocenters. The minimum absolute atomic E-state index is 0.216. The Kier molecular flexibility index (Phi) is 5.43. The molecule has 3 aromatic carbocycles. The van der Waals surface area contributed by atoms with Crippen molar-refractivity contribution in [3.05, 3.63) is 89.5 Å². The van der Waals surface area contributed by atoms with E-state index < -0.39 is 16.2 Å². The smallest absolute Gasteiger partial charge is 0.251 e.